The van der Waals surface area contributed by atoms with Crippen molar-refractivity contribution in [1.29, 1.82) is 0 Å². The summed E-state index contributed by atoms with van der Waals surface area (Å²) in [5.74, 6) is -1.68. The predicted octanol–water partition coefficient (Wildman–Crippen LogP) is 4.11. The number of carbonyl (C=O) groups is 1. The molecule has 18 heavy (non-hydrogen) atoms. The van der Waals surface area contributed by atoms with Crippen LogP contribution in [0.3, 0.4) is 0 Å². The molecule has 1 aromatic rings. The Morgan fingerprint density at radius 3 is 2.17 bits per heavy atom. The summed E-state index contributed by atoms with van der Waals surface area (Å²) in [4.78, 5) is 10.4. The van der Waals surface area contributed by atoms with Crippen LogP contribution in [0.2, 0.25) is 10.0 Å². The lowest BCUT2D eigenvalue weighted by molar-refractivity contribution is -0.132. The Morgan fingerprint density at radius 1 is 1.28 bits per heavy atom. The number of alkyl halides is 3. The van der Waals surface area contributed by atoms with E-state index in [4.69, 9.17) is 28.3 Å². The minimum Gasteiger partial charge on any atom is -0.478 e. The molecule has 7 heteroatoms. The minimum absolute atomic E-state index is 0.0469. The van der Waals surface area contributed by atoms with Crippen molar-refractivity contribution < 1.29 is 23.1 Å². The van der Waals surface area contributed by atoms with Crippen molar-refractivity contribution in [3.63, 3.8) is 0 Å². The molecule has 0 aliphatic heterocycles. The molecule has 0 heterocycles. The Hall–Kier alpha value is -1.20. The molecule has 0 spiro atoms. The molecule has 0 aliphatic carbocycles. The van der Waals surface area contributed by atoms with Crippen LogP contribution in [-0.2, 0) is 11.2 Å². The van der Waals surface area contributed by atoms with Gasteiger partial charge in [-0.2, -0.15) is 13.2 Å². The molecule has 0 fully saturated rings. The van der Waals surface area contributed by atoms with E-state index in [0.29, 0.717) is 0 Å². The van der Waals surface area contributed by atoms with Crippen molar-refractivity contribution in [2.45, 2.75) is 12.6 Å². The van der Waals surface area contributed by atoms with Gasteiger partial charge in [-0.3, -0.25) is 0 Å². The molecular weight excluding hydrogens is 292 g/mol. The van der Waals surface area contributed by atoms with E-state index in [1.165, 1.54) is 18.2 Å². The Labute approximate surface area is 111 Å². The Bertz CT molecular complexity index is 475. The van der Waals surface area contributed by atoms with Crippen molar-refractivity contribution in [2.24, 2.45) is 0 Å². The number of carboxylic acids is 1. The van der Waals surface area contributed by atoms with Crippen LogP contribution in [0.5, 0.6) is 0 Å². The number of halogens is 5. The highest BCUT2D eigenvalue weighted by atomic mass is 35.5. The zero-order valence-electron chi connectivity index (χ0n) is 8.76. The van der Waals surface area contributed by atoms with Crippen molar-refractivity contribution >= 4 is 29.2 Å². The number of allylic oxidation sites excluding steroid dienone is 1. The maximum atomic E-state index is 12.6. The zero-order chi connectivity index (χ0) is 13.9. The fraction of sp³-hybridized carbons (Fsp3) is 0.182. The van der Waals surface area contributed by atoms with E-state index in [-0.39, 0.29) is 21.7 Å². The second kappa shape index (κ2) is 5.63. The molecule has 0 radical (unpaired) electrons. The lowest BCUT2D eigenvalue weighted by Gasteiger charge is -2.13. The van der Waals surface area contributed by atoms with Crippen LogP contribution in [-0.4, -0.2) is 17.3 Å². The van der Waals surface area contributed by atoms with Crippen LogP contribution in [0.25, 0.3) is 0 Å². The van der Waals surface area contributed by atoms with Crippen LogP contribution in [0.1, 0.15) is 5.56 Å². The summed E-state index contributed by atoms with van der Waals surface area (Å²) in [5.41, 5.74) is -1.17. The van der Waals surface area contributed by atoms with Gasteiger partial charge in [0.25, 0.3) is 0 Å². The number of benzene rings is 1. The standard InChI is InChI=1S/C11H7Cl2F3O2/c12-8-2-1-3-9(13)7(8)4-6(5-10(17)18)11(14,15)16/h1-3,5H,4H2,(H,17,18)/b6-5+. The van der Waals surface area contributed by atoms with E-state index in [0.717, 1.165) is 0 Å². The van der Waals surface area contributed by atoms with Crippen LogP contribution < -0.4 is 0 Å². The Balaban J connectivity index is 3.17. The van der Waals surface area contributed by atoms with Gasteiger partial charge in [0.2, 0.25) is 0 Å². The van der Waals surface area contributed by atoms with Gasteiger partial charge in [0.1, 0.15) is 0 Å². The summed E-state index contributed by atoms with van der Waals surface area (Å²) in [6.07, 6.45) is -5.32. The van der Waals surface area contributed by atoms with E-state index in [1.54, 1.807) is 0 Å². The molecule has 0 bridgehead atoms. The summed E-state index contributed by atoms with van der Waals surface area (Å²) >= 11 is 11.5. The minimum atomic E-state index is -4.75. The van der Waals surface area contributed by atoms with Gasteiger partial charge >= 0.3 is 12.1 Å². The average molecular weight is 299 g/mol. The fourth-order valence-electron chi connectivity index (χ4n) is 1.27. The molecule has 98 valence electrons. The second-order valence-corrected chi connectivity index (χ2v) is 4.20. The van der Waals surface area contributed by atoms with E-state index in [2.05, 4.69) is 0 Å². The summed E-state index contributed by atoms with van der Waals surface area (Å²) in [7, 11) is 0. The lowest BCUT2D eigenvalue weighted by Crippen LogP contribution is -2.16. The van der Waals surface area contributed by atoms with Crippen molar-refractivity contribution in [3.05, 3.63) is 45.5 Å². The Morgan fingerprint density at radius 2 is 1.78 bits per heavy atom. The predicted molar refractivity (Wildman–Crippen MR) is 61.9 cm³/mol. The third kappa shape index (κ3) is 3.92. The number of hydrogen-bond donors (Lipinski definition) is 1. The highest BCUT2D eigenvalue weighted by molar-refractivity contribution is 6.36. The largest absolute Gasteiger partial charge is 0.478 e. The molecule has 0 amide bonds. The smallest absolute Gasteiger partial charge is 0.413 e. The van der Waals surface area contributed by atoms with Crippen molar-refractivity contribution in [1.82, 2.24) is 0 Å². The molecule has 1 rings (SSSR count). The summed E-state index contributed by atoms with van der Waals surface area (Å²) < 4.78 is 37.8. The first-order valence-electron chi connectivity index (χ1n) is 4.65. The van der Waals surface area contributed by atoms with Crippen LogP contribution in [0, 0.1) is 0 Å². The topological polar surface area (TPSA) is 37.3 Å². The van der Waals surface area contributed by atoms with Gasteiger partial charge in [-0.05, 0) is 17.7 Å². The molecule has 0 saturated carbocycles. The number of rotatable bonds is 3. The molecule has 2 nitrogen and oxygen atoms in total. The van der Waals surface area contributed by atoms with Crippen LogP contribution in [0.4, 0.5) is 13.2 Å². The highest BCUT2D eigenvalue weighted by Crippen LogP contribution is 2.33. The molecule has 0 atom stereocenters. The third-order valence-electron chi connectivity index (χ3n) is 2.09. The monoisotopic (exact) mass is 298 g/mol. The van der Waals surface area contributed by atoms with Gasteiger partial charge < -0.3 is 5.11 Å². The van der Waals surface area contributed by atoms with Crippen molar-refractivity contribution in [3.8, 4) is 0 Å². The molecule has 0 aliphatic rings. The first-order valence-corrected chi connectivity index (χ1v) is 5.41. The van der Waals surface area contributed by atoms with E-state index < -0.39 is 24.1 Å². The van der Waals surface area contributed by atoms with Crippen LogP contribution in [0.15, 0.2) is 29.8 Å². The molecule has 0 saturated heterocycles. The Kier molecular flexibility index (Phi) is 4.65. The second-order valence-electron chi connectivity index (χ2n) is 3.38. The first kappa shape index (κ1) is 14.9. The first-order chi connectivity index (χ1) is 8.21. The van der Waals surface area contributed by atoms with Crippen LogP contribution >= 0.6 is 23.2 Å². The van der Waals surface area contributed by atoms with Gasteiger partial charge in [0, 0.05) is 28.1 Å². The van der Waals surface area contributed by atoms with Gasteiger partial charge in [0.15, 0.2) is 0 Å². The number of carboxylic acid groups (broad SMARTS) is 1. The zero-order valence-corrected chi connectivity index (χ0v) is 10.3. The van der Waals surface area contributed by atoms with Gasteiger partial charge in [0.05, 0.1) is 0 Å². The SMILES string of the molecule is O=C(O)/C=C(\Cc1c(Cl)cccc1Cl)C(F)(F)F. The average Bonchev–Trinajstić information content (AvgIpc) is 2.20. The molecular formula is C11H7Cl2F3O2. The molecule has 0 unspecified atom stereocenters. The summed E-state index contributed by atoms with van der Waals surface area (Å²) in [6, 6.07) is 4.26. The number of hydrogen-bond acceptors (Lipinski definition) is 1. The highest BCUT2D eigenvalue weighted by Gasteiger charge is 2.34. The molecule has 1 N–H and O–H groups in total. The third-order valence-corrected chi connectivity index (χ3v) is 2.80. The van der Waals surface area contributed by atoms with E-state index in [9.17, 15) is 18.0 Å². The van der Waals surface area contributed by atoms with Crippen molar-refractivity contribution in [2.75, 3.05) is 0 Å². The maximum Gasteiger partial charge on any atom is 0.413 e. The van der Waals surface area contributed by atoms with Gasteiger partial charge in [-0.15, -0.1) is 0 Å². The van der Waals surface area contributed by atoms with E-state index in [1.807, 2.05) is 0 Å². The van der Waals surface area contributed by atoms with E-state index >= 15 is 0 Å². The molecule has 1 aromatic carbocycles. The summed E-state index contributed by atoms with van der Waals surface area (Å²) in [6.45, 7) is 0. The fourth-order valence-corrected chi connectivity index (χ4v) is 1.80. The maximum absolute atomic E-state index is 12.6. The normalized spacial score (nSPS) is 12.6. The summed E-state index contributed by atoms with van der Waals surface area (Å²) in [5, 5.41) is 8.54. The van der Waals surface area contributed by atoms with Gasteiger partial charge in [-0.25, -0.2) is 4.79 Å². The number of aliphatic carboxylic acids is 1. The van der Waals surface area contributed by atoms with Gasteiger partial charge in [-0.1, -0.05) is 29.3 Å². The molecule has 0 aromatic heterocycles. The quantitative estimate of drug-likeness (QED) is 0.853. The lowest BCUT2D eigenvalue weighted by atomic mass is 10.0.